The number of aromatic nitrogens is 1. The second-order valence-electron chi connectivity index (χ2n) is 3.57. The van der Waals surface area contributed by atoms with Crippen LogP contribution in [0.1, 0.15) is 30.7 Å². The predicted molar refractivity (Wildman–Crippen MR) is 63.2 cm³/mol. The molecule has 0 fully saturated rings. The van der Waals surface area contributed by atoms with Crippen LogP contribution >= 0.6 is 36.2 Å². The summed E-state index contributed by atoms with van der Waals surface area (Å²) in [6.45, 7) is 7.10. The van der Waals surface area contributed by atoms with Crippen LogP contribution in [0.15, 0.2) is 6.20 Å². The fourth-order valence-corrected chi connectivity index (χ4v) is 1.61. The highest BCUT2D eigenvalue weighted by molar-refractivity contribution is 7.11. The van der Waals surface area contributed by atoms with Crippen molar-refractivity contribution in [3.63, 3.8) is 0 Å². The lowest BCUT2D eigenvalue weighted by Gasteiger charge is -2.14. The molecule has 0 bridgehead atoms. The van der Waals surface area contributed by atoms with Gasteiger partial charge in [0.2, 0.25) is 0 Å². The summed E-state index contributed by atoms with van der Waals surface area (Å²) in [5, 5.41) is 1.02. The summed E-state index contributed by atoms with van der Waals surface area (Å²) in [5.74, 6) is 0. The summed E-state index contributed by atoms with van der Waals surface area (Å²) >= 11 is 1.70. The van der Waals surface area contributed by atoms with E-state index < -0.39 is 0 Å². The smallest absolute Gasteiger partial charge is 0.106 e. The Morgan fingerprint density at radius 3 is 2.15 bits per heavy atom. The van der Waals surface area contributed by atoms with Crippen molar-refractivity contribution < 1.29 is 0 Å². The number of halogens is 2. The largest absolute Gasteiger partial charge is 0.325 e. The number of hydrogen-bond acceptors (Lipinski definition) is 3. The van der Waals surface area contributed by atoms with E-state index in [1.165, 1.54) is 4.88 Å². The van der Waals surface area contributed by atoms with Crippen LogP contribution in [0.3, 0.4) is 0 Å². The van der Waals surface area contributed by atoms with E-state index in [0.29, 0.717) is 6.54 Å². The van der Waals surface area contributed by atoms with E-state index in [2.05, 4.69) is 25.8 Å². The maximum atomic E-state index is 5.45. The zero-order chi connectivity index (χ0) is 8.48. The Kier molecular flexibility index (Phi) is 6.98. The zero-order valence-electron chi connectivity index (χ0n) is 8.03. The molecule has 0 aliphatic heterocycles. The van der Waals surface area contributed by atoms with Gasteiger partial charge in [-0.15, -0.1) is 36.2 Å². The minimum absolute atomic E-state index is 0. The van der Waals surface area contributed by atoms with Gasteiger partial charge in [-0.05, 0) is 5.41 Å². The van der Waals surface area contributed by atoms with Crippen LogP contribution in [0.4, 0.5) is 0 Å². The molecule has 5 heteroatoms. The van der Waals surface area contributed by atoms with E-state index >= 15 is 0 Å². The lowest BCUT2D eigenvalue weighted by molar-refractivity contribution is 0.602. The van der Waals surface area contributed by atoms with Crippen LogP contribution in [-0.2, 0) is 12.0 Å². The van der Waals surface area contributed by atoms with Gasteiger partial charge in [0.1, 0.15) is 5.01 Å². The molecule has 1 aromatic rings. The molecule has 0 spiro atoms. The molecular formula is C8H16Cl2N2S. The first-order valence-electron chi connectivity index (χ1n) is 3.69. The molecule has 0 aromatic carbocycles. The van der Waals surface area contributed by atoms with Gasteiger partial charge in [0.05, 0.1) is 0 Å². The molecule has 0 radical (unpaired) electrons. The molecule has 0 atom stereocenters. The van der Waals surface area contributed by atoms with Crippen LogP contribution in [0, 0.1) is 0 Å². The van der Waals surface area contributed by atoms with Gasteiger partial charge in [-0.3, -0.25) is 0 Å². The number of rotatable bonds is 1. The zero-order valence-corrected chi connectivity index (χ0v) is 10.5. The summed E-state index contributed by atoms with van der Waals surface area (Å²) in [5.41, 5.74) is 5.67. The minimum Gasteiger partial charge on any atom is -0.325 e. The Morgan fingerprint density at radius 2 is 1.92 bits per heavy atom. The van der Waals surface area contributed by atoms with E-state index in [1.807, 2.05) is 6.20 Å². The highest BCUT2D eigenvalue weighted by Gasteiger charge is 2.16. The third-order valence-electron chi connectivity index (χ3n) is 1.47. The molecule has 0 unspecified atom stereocenters. The van der Waals surface area contributed by atoms with Crippen LogP contribution in [0.25, 0.3) is 0 Å². The molecule has 1 aromatic heterocycles. The maximum Gasteiger partial charge on any atom is 0.106 e. The monoisotopic (exact) mass is 242 g/mol. The molecule has 0 amide bonds. The van der Waals surface area contributed by atoms with Gasteiger partial charge in [0.15, 0.2) is 0 Å². The number of thiazole rings is 1. The molecule has 13 heavy (non-hydrogen) atoms. The van der Waals surface area contributed by atoms with E-state index in [1.54, 1.807) is 11.3 Å². The van der Waals surface area contributed by atoms with E-state index in [0.717, 1.165) is 5.01 Å². The first-order valence-corrected chi connectivity index (χ1v) is 4.51. The molecule has 1 heterocycles. The molecule has 2 nitrogen and oxygen atoms in total. The van der Waals surface area contributed by atoms with Crippen LogP contribution in [-0.4, -0.2) is 4.98 Å². The van der Waals surface area contributed by atoms with Crippen molar-refractivity contribution in [2.45, 2.75) is 32.7 Å². The van der Waals surface area contributed by atoms with E-state index in [4.69, 9.17) is 5.73 Å². The molecule has 0 saturated heterocycles. The van der Waals surface area contributed by atoms with Gasteiger partial charge >= 0.3 is 0 Å². The average molecular weight is 243 g/mol. The van der Waals surface area contributed by atoms with Crippen molar-refractivity contribution in [3.05, 3.63) is 16.1 Å². The Labute approximate surface area is 95.8 Å². The predicted octanol–water partition coefficient (Wildman–Crippen LogP) is 2.74. The Balaban J connectivity index is 0. The van der Waals surface area contributed by atoms with Crippen molar-refractivity contribution >= 4 is 36.2 Å². The summed E-state index contributed by atoms with van der Waals surface area (Å²) in [6.07, 6.45) is 1.92. The van der Waals surface area contributed by atoms with Crippen molar-refractivity contribution in [2.75, 3.05) is 0 Å². The third kappa shape index (κ3) is 4.27. The Hall–Kier alpha value is 0.170. The van der Waals surface area contributed by atoms with Crippen molar-refractivity contribution in [1.29, 1.82) is 0 Å². The Morgan fingerprint density at radius 1 is 1.38 bits per heavy atom. The van der Waals surface area contributed by atoms with Crippen LogP contribution < -0.4 is 5.73 Å². The highest BCUT2D eigenvalue weighted by Crippen LogP contribution is 2.27. The quantitative estimate of drug-likeness (QED) is 0.823. The highest BCUT2D eigenvalue weighted by atomic mass is 35.5. The fraction of sp³-hybridized carbons (Fsp3) is 0.625. The average Bonchev–Trinajstić information content (AvgIpc) is 2.32. The van der Waals surface area contributed by atoms with Gasteiger partial charge in [0.25, 0.3) is 0 Å². The fourth-order valence-electron chi connectivity index (χ4n) is 0.751. The normalized spacial score (nSPS) is 10.2. The van der Waals surface area contributed by atoms with E-state index in [9.17, 15) is 0 Å². The lowest BCUT2D eigenvalue weighted by Crippen LogP contribution is -2.07. The second kappa shape index (κ2) is 5.81. The third-order valence-corrected chi connectivity index (χ3v) is 2.91. The molecule has 0 aliphatic carbocycles. The number of nitrogens with zero attached hydrogens (tertiary/aromatic N) is 1. The summed E-state index contributed by atoms with van der Waals surface area (Å²) in [4.78, 5) is 5.50. The molecule has 78 valence electrons. The first-order chi connectivity index (χ1) is 5.04. The van der Waals surface area contributed by atoms with Gasteiger partial charge < -0.3 is 5.73 Å². The standard InChI is InChI=1S/C8H14N2S.2ClH/c1-8(2,3)6-5-10-7(4-9)11-6;;/h5H,4,9H2,1-3H3;2*1H. The number of nitrogens with two attached hydrogens (primary N) is 1. The topological polar surface area (TPSA) is 38.9 Å². The molecular weight excluding hydrogens is 227 g/mol. The number of hydrogen-bond donors (Lipinski definition) is 1. The SMILES string of the molecule is CC(C)(C)c1cnc(CN)s1.Cl.Cl. The molecule has 0 aliphatic rings. The maximum absolute atomic E-state index is 5.45. The van der Waals surface area contributed by atoms with Gasteiger partial charge in [-0.25, -0.2) is 4.98 Å². The van der Waals surface area contributed by atoms with Crippen molar-refractivity contribution in [2.24, 2.45) is 5.73 Å². The molecule has 2 N–H and O–H groups in total. The summed E-state index contributed by atoms with van der Waals surface area (Å²) < 4.78 is 0. The Bertz CT molecular complexity index is 243. The van der Waals surface area contributed by atoms with Crippen LogP contribution in [0.5, 0.6) is 0 Å². The first kappa shape index (κ1) is 15.6. The van der Waals surface area contributed by atoms with E-state index in [-0.39, 0.29) is 30.2 Å². The summed E-state index contributed by atoms with van der Waals surface area (Å²) in [7, 11) is 0. The van der Waals surface area contributed by atoms with Gasteiger partial charge in [0, 0.05) is 17.6 Å². The minimum atomic E-state index is 0. The van der Waals surface area contributed by atoms with Crippen molar-refractivity contribution in [1.82, 2.24) is 4.98 Å². The molecule has 1 rings (SSSR count). The summed E-state index contributed by atoms with van der Waals surface area (Å²) in [6, 6.07) is 0. The lowest BCUT2D eigenvalue weighted by atomic mass is 9.96. The van der Waals surface area contributed by atoms with Crippen molar-refractivity contribution in [3.8, 4) is 0 Å². The van der Waals surface area contributed by atoms with Crippen LogP contribution in [0.2, 0.25) is 0 Å². The molecule has 0 saturated carbocycles. The second-order valence-corrected chi connectivity index (χ2v) is 4.69. The van der Waals surface area contributed by atoms with Gasteiger partial charge in [-0.2, -0.15) is 0 Å². The van der Waals surface area contributed by atoms with Gasteiger partial charge in [-0.1, -0.05) is 20.8 Å².